The van der Waals surface area contributed by atoms with Gasteiger partial charge in [0.05, 0.1) is 17.1 Å². The van der Waals surface area contributed by atoms with Crippen LogP contribution in [0.3, 0.4) is 0 Å². The summed E-state index contributed by atoms with van der Waals surface area (Å²) in [4.78, 5) is 11.3. The summed E-state index contributed by atoms with van der Waals surface area (Å²) in [7, 11) is 0. The van der Waals surface area contributed by atoms with E-state index in [-0.39, 0.29) is 0 Å². The number of benzene rings is 2. The zero-order valence-electron chi connectivity index (χ0n) is 15.3. The van der Waals surface area contributed by atoms with E-state index in [0.717, 1.165) is 19.3 Å². The zero-order chi connectivity index (χ0) is 18.2. The van der Waals surface area contributed by atoms with Gasteiger partial charge in [-0.1, -0.05) is 30.3 Å². The molecule has 3 aliphatic rings. The quantitative estimate of drug-likeness (QED) is 0.367. The Morgan fingerprint density at radius 2 is 1.39 bits per heavy atom. The lowest BCUT2D eigenvalue weighted by Gasteiger charge is -2.40. The summed E-state index contributed by atoms with van der Waals surface area (Å²) < 4.78 is 0. The smallest absolute Gasteiger partial charge is 0.0539 e. The van der Waals surface area contributed by atoms with Crippen molar-refractivity contribution in [1.29, 1.82) is 0 Å². The van der Waals surface area contributed by atoms with E-state index in [2.05, 4.69) is 57.3 Å². The van der Waals surface area contributed by atoms with Crippen LogP contribution in [-0.2, 0) is 19.3 Å². The predicted octanol–water partition coefficient (Wildman–Crippen LogP) is 5.33. The molecule has 2 aromatic carbocycles. The largest absolute Gasteiger partial charge is 0.309 e. The summed E-state index contributed by atoms with van der Waals surface area (Å²) in [6.07, 6.45) is 10.8. The molecule has 1 aliphatic carbocycles. The van der Waals surface area contributed by atoms with E-state index in [9.17, 15) is 0 Å². The fourth-order valence-corrected chi connectivity index (χ4v) is 5.36. The zero-order valence-corrected chi connectivity index (χ0v) is 15.3. The van der Waals surface area contributed by atoms with Gasteiger partial charge in [-0.3, -0.25) is 9.97 Å². The highest BCUT2D eigenvalue weighted by Gasteiger charge is 2.35. The molecule has 0 spiro atoms. The maximum absolute atomic E-state index is 4.43. The first-order chi connectivity index (χ1) is 13.9. The Hall–Kier alpha value is -3.46. The van der Waals surface area contributed by atoms with Crippen molar-refractivity contribution in [1.82, 2.24) is 9.97 Å². The third kappa shape index (κ3) is 1.74. The van der Waals surface area contributed by atoms with Crippen LogP contribution in [0, 0.1) is 0 Å². The van der Waals surface area contributed by atoms with Crippen molar-refractivity contribution >= 4 is 17.1 Å². The highest BCUT2D eigenvalue weighted by Crippen LogP contribution is 2.54. The summed E-state index contributed by atoms with van der Waals surface area (Å²) in [6, 6.07) is 15.6. The fraction of sp³-hybridized carbons (Fsp3) is 0.120. The van der Waals surface area contributed by atoms with Crippen molar-refractivity contribution in [2.75, 3.05) is 4.90 Å². The van der Waals surface area contributed by atoms with Gasteiger partial charge in [-0.05, 0) is 63.1 Å². The molecule has 0 N–H and O–H groups in total. The number of hydrogen-bond donors (Lipinski definition) is 0. The fourth-order valence-electron chi connectivity index (χ4n) is 5.36. The Bertz CT molecular complexity index is 1290. The summed E-state index contributed by atoms with van der Waals surface area (Å²) in [5.41, 5.74) is 15.1. The minimum absolute atomic E-state index is 0.944. The van der Waals surface area contributed by atoms with Gasteiger partial charge >= 0.3 is 0 Å². The van der Waals surface area contributed by atoms with Gasteiger partial charge in [-0.2, -0.15) is 0 Å². The number of rotatable bonds is 0. The molecular weight excluding hydrogens is 342 g/mol. The van der Waals surface area contributed by atoms with Crippen LogP contribution in [0.15, 0.2) is 67.3 Å². The molecule has 2 aliphatic heterocycles. The lowest BCUT2D eigenvalue weighted by Crippen LogP contribution is -2.25. The van der Waals surface area contributed by atoms with Crippen LogP contribution in [0.25, 0.3) is 11.1 Å². The SMILES string of the molecule is c1ccc2c(c1)Cc1cc3c4c(c1-2)Cc1cnccc1N4c1ccncc1C3. The van der Waals surface area contributed by atoms with Gasteiger partial charge < -0.3 is 4.90 Å². The molecule has 0 saturated carbocycles. The molecule has 4 aromatic rings. The molecule has 132 valence electrons. The first-order valence-corrected chi connectivity index (χ1v) is 9.80. The third-order valence-electron chi connectivity index (χ3n) is 6.44. The molecule has 0 radical (unpaired) electrons. The van der Waals surface area contributed by atoms with E-state index < -0.39 is 0 Å². The normalized spacial score (nSPS) is 14.6. The number of pyridine rings is 2. The van der Waals surface area contributed by atoms with Gasteiger partial charge in [0.1, 0.15) is 0 Å². The molecule has 0 amide bonds. The van der Waals surface area contributed by atoms with E-state index in [1.807, 2.05) is 24.8 Å². The van der Waals surface area contributed by atoms with Crippen molar-refractivity contribution in [3.63, 3.8) is 0 Å². The van der Waals surface area contributed by atoms with Crippen LogP contribution in [-0.4, -0.2) is 9.97 Å². The first-order valence-electron chi connectivity index (χ1n) is 9.80. The van der Waals surface area contributed by atoms with Crippen LogP contribution < -0.4 is 4.90 Å². The van der Waals surface area contributed by atoms with Gasteiger partial charge in [0, 0.05) is 37.6 Å². The average molecular weight is 359 g/mol. The van der Waals surface area contributed by atoms with Gasteiger partial charge in [-0.15, -0.1) is 0 Å². The average Bonchev–Trinajstić information content (AvgIpc) is 3.11. The van der Waals surface area contributed by atoms with Crippen LogP contribution in [0.5, 0.6) is 0 Å². The Kier molecular flexibility index (Phi) is 2.64. The third-order valence-corrected chi connectivity index (χ3v) is 6.44. The summed E-state index contributed by atoms with van der Waals surface area (Å²) >= 11 is 0. The maximum Gasteiger partial charge on any atom is 0.0539 e. The second-order valence-electron chi connectivity index (χ2n) is 7.93. The number of anilines is 3. The maximum atomic E-state index is 4.43. The molecule has 0 fully saturated rings. The Balaban J connectivity index is 1.60. The van der Waals surface area contributed by atoms with Gasteiger partial charge in [-0.25, -0.2) is 0 Å². The summed E-state index contributed by atoms with van der Waals surface area (Å²) in [5, 5.41) is 0. The summed E-state index contributed by atoms with van der Waals surface area (Å²) in [6.45, 7) is 0. The van der Waals surface area contributed by atoms with Crippen LogP contribution >= 0.6 is 0 Å². The van der Waals surface area contributed by atoms with Crippen molar-refractivity contribution in [2.45, 2.75) is 19.3 Å². The molecule has 0 bridgehead atoms. The van der Waals surface area contributed by atoms with E-state index in [1.54, 1.807) is 0 Å². The van der Waals surface area contributed by atoms with Crippen molar-refractivity contribution < 1.29 is 0 Å². The van der Waals surface area contributed by atoms with E-state index in [4.69, 9.17) is 0 Å². The second kappa shape index (κ2) is 5.08. The van der Waals surface area contributed by atoms with Crippen LogP contribution in [0.2, 0.25) is 0 Å². The van der Waals surface area contributed by atoms with Gasteiger partial charge in [0.15, 0.2) is 0 Å². The Morgan fingerprint density at radius 1 is 0.679 bits per heavy atom. The lowest BCUT2D eigenvalue weighted by atomic mass is 9.83. The Morgan fingerprint density at radius 3 is 2.21 bits per heavy atom. The molecule has 3 nitrogen and oxygen atoms in total. The highest BCUT2D eigenvalue weighted by molar-refractivity contribution is 5.95. The molecule has 0 unspecified atom stereocenters. The molecule has 3 heteroatoms. The lowest BCUT2D eigenvalue weighted by molar-refractivity contribution is 0.987. The molecule has 7 rings (SSSR count). The first kappa shape index (κ1) is 14.6. The predicted molar refractivity (Wildman–Crippen MR) is 111 cm³/mol. The molecule has 2 aromatic heterocycles. The Labute approximate surface area is 163 Å². The number of hydrogen-bond acceptors (Lipinski definition) is 3. The van der Waals surface area contributed by atoms with Crippen LogP contribution in [0.1, 0.15) is 33.4 Å². The van der Waals surface area contributed by atoms with Crippen LogP contribution in [0.4, 0.5) is 17.1 Å². The van der Waals surface area contributed by atoms with E-state index >= 15 is 0 Å². The molecule has 28 heavy (non-hydrogen) atoms. The minimum atomic E-state index is 0.944. The number of aromatic nitrogens is 2. The standard InChI is InChI=1S/C25H17N3/c1-2-4-20-15(3-1)9-16-10-17-11-18-13-26-7-5-22(18)28-23-6-8-27-14-19(23)12-21(24(16)20)25(17)28/h1-8,10,13-14H,9,11-12H2. The number of fused-ring (bicyclic) bond motifs is 8. The second-order valence-corrected chi connectivity index (χ2v) is 7.93. The van der Waals surface area contributed by atoms with Crippen molar-refractivity contribution in [3.8, 4) is 11.1 Å². The van der Waals surface area contributed by atoms with Gasteiger partial charge in [0.25, 0.3) is 0 Å². The monoisotopic (exact) mass is 359 g/mol. The summed E-state index contributed by atoms with van der Waals surface area (Å²) in [5.74, 6) is 0. The molecule has 4 heterocycles. The number of nitrogens with zero attached hydrogens (tertiary/aromatic N) is 3. The van der Waals surface area contributed by atoms with Gasteiger partial charge in [0.2, 0.25) is 0 Å². The van der Waals surface area contributed by atoms with Crippen molar-refractivity contribution in [3.05, 3.63) is 101 Å². The van der Waals surface area contributed by atoms with E-state index in [0.29, 0.717) is 0 Å². The topological polar surface area (TPSA) is 29.0 Å². The molecule has 0 atom stereocenters. The minimum Gasteiger partial charge on any atom is -0.309 e. The molecule has 0 saturated heterocycles. The molecular formula is C25H17N3. The van der Waals surface area contributed by atoms with Crippen molar-refractivity contribution in [2.24, 2.45) is 0 Å². The van der Waals surface area contributed by atoms with E-state index in [1.165, 1.54) is 61.6 Å². The highest BCUT2D eigenvalue weighted by atomic mass is 15.2.